The van der Waals surface area contributed by atoms with Crippen LogP contribution in [0.15, 0.2) is 102 Å². The van der Waals surface area contributed by atoms with Gasteiger partial charge in [0.25, 0.3) is 10.0 Å². The zero-order valence-electron chi connectivity index (χ0n) is 25.6. The molecule has 4 rings (SSSR count). The van der Waals surface area contributed by atoms with Crippen LogP contribution >= 0.6 is 23.2 Å². The normalized spacial score (nSPS) is 11.9. The predicted molar refractivity (Wildman–Crippen MR) is 181 cm³/mol. The van der Waals surface area contributed by atoms with E-state index in [0.29, 0.717) is 17.1 Å². The van der Waals surface area contributed by atoms with Crippen LogP contribution in [0.25, 0.3) is 0 Å². The molecule has 0 saturated heterocycles. The number of amides is 2. The molecule has 0 heterocycles. The maximum atomic E-state index is 14.5. The summed E-state index contributed by atoms with van der Waals surface area (Å²) in [5.41, 5.74) is 2.27. The fourth-order valence-corrected chi connectivity index (χ4v) is 6.75. The van der Waals surface area contributed by atoms with Gasteiger partial charge in [-0.15, -0.1) is 0 Å². The Balaban J connectivity index is 1.80. The third kappa shape index (κ3) is 9.09. The number of rotatable bonds is 14. The van der Waals surface area contributed by atoms with Crippen molar-refractivity contribution >= 4 is 50.7 Å². The molecule has 2 amide bonds. The molecule has 11 heteroatoms. The molecule has 0 radical (unpaired) electrons. The molecule has 1 N–H and O–H groups in total. The third-order valence-electron chi connectivity index (χ3n) is 7.46. The Kier molecular flexibility index (Phi) is 12.2. The Hall–Kier alpha value is -3.92. The van der Waals surface area contributed by atoms with Crippen LogP contribution in [0.5, 0.6) is 0 Å². The van der Waals surface area contributed by atoms with E-state index in [1.54, 1.807) is 30.3 Å². The largest absolute Gasteiger partial charge is 0.354 e. The Morgan fingerprint density at radius 3 is 2.22 bits per heavy atom. The van der Waals surface area contributed by atoms with Gasteiger partial charge in [-0.05, 0) is 73.0 Å². The molecule has 0 bridgehead atoms. The first-order valence-electron chi connectivity index (χ1n) is 14.9. The number of hydrogen-bond acceptors (Lipinski definition) is 4. The molecule has 0 aliphatic heterocycles. The molecule has 46 heavy (non-hydrogen) atoms. The van der Waals surface area contributed by atoms with Crippen molar-refractivity contribution in [3.8, 4) is 0 Å². The van der Waals surface area contributed by atoms with Crippen LogP contribution in [0, 0.1) is 12.7 Å². The lowest BCUT2D eigenvalue weighted by molar-refractivity contribution is -0.140. The average molecular weight is 685 g/mol. The number of nitrogens with zero attached hydrogens (tertiary/aromatic N) is 2. The van der Waals surface area contributed by atoms with Crippen molar-refractivity contribution in [2.45, 2.75) is 50.6 Å². The number of nitrogens with one attached hydrogen (secondary N) is 1. The van der Waals surface area contributed by atoms with Gasteiger partial charge < -0.3 is 10.2 Å². The summed E-state index contributed by atoms with van der Waals surface area (Å²) in [6, 6.07) is 24.1. The monoisotopic (exact) mass is 683 g/mol. The summed E-state index contributed by atoms with van der Waals surface area (Å²) in [7, 11) is -4.30. The van der Waals surface area contributed by atoms with E-state index >= 15 is 0 Å². The van der Waals surface area contributed by atoms with Crippen LogP contribution in [0.3, 0.4) is 0 Å². The summed E-state index contributed by atoms with van der Waals surface area (Å²) in [4.78, 5) is 29.6. The van der Waals surface area contributed by atoms with E-state index in [0.717, 1.165) is 40.4 Å². The van der Waals surface area contributed by atoms with Crippen molar-refractivity contribution in [2.75, 3.05) is 17.4 Å². The van der Waals surface area contributed by atoms with E-state index in [4.69, 9.17) is 23.2 Å². The summed E-state index contributed by atoms with van der Waals surface area (Å²) in [5.74, 6) is -1.60. The lowest BCUT2D eigenvalue weighted by Crippen LogP contribution is -2.53. The molecule has 0 saturated carbocycles. The lowest BCUT2D eigenvalue weighted by Gasteiger charge is -2.34. The van der Waals surface area contributed by atoms with E-state index < -0.39 is 34.3 Å². The highest BCUT2D eigenvalue weighted by Crippen LogP contribution is 2.27. The number of unbranched alkanes of at least 4 members (excludes halogenated alkanes) is 1. The second-order valence-electron chi connectivity index (χ2n) is 10.9. The fraction of sp³-hybridized carbons (Fsp3) is 0.257. The van der Waals surface area contributed by atoms with Crippen LogP contribution in [0.2, 0.25) is 10.0 Å². The number of carbonyl (C=O) groups is 2. The standard InChI is InChI=1S/C35H36Cl2FN3O4S/c1-3-4-20-39-35(43)33(21-26-8-6-5-7-9-26)40(23-27-12-13-28(36)22-32(27)37)34(42)24-41(30-16-14-29(38)15-17-30)46(44,45)31-18-10-25(2)11-19-31/h5-19,22,33H,3-4,20-21,23-24H2,1-2H3,(H,39,43). The Morgan fingerprint density at radius 1 is 0.913 bits per heavy atom. The molecule has 242 valence electrons. The van der Waals surface area contributed by atoms with Gasteiger partial charge in [-0.25, -0.2) is 12.8 Å². The molecule has 4 aromatic rings. The van der Waals surface area contributed by atoms with Gasteiger partial charge in [-0.2, -0.15) is 0 Å². The Bertz CT molecular complexity index is 1740. The maximum Gasteiger partial charge on any atom is 0.264 e. The SMILES string of the molecule is CCCCNC(=O)C(Cc1ccccc1)N(Cc1ccc(Cl)cc1Cl)C(=O)CN(c1ccc(F)cc1)S(=O)(=O)c1ccc(C)cc1. The minimum Gasteiger partial charge on any atom is -0.354 e. The highest BCUT2D eigenvalue weighted by molar-refractivity contribution is 7.92. The number of carbonyl (C=O) groups excluding carboxylic acids is 2. The van der Waals surface area contributed by atoms with E-state index in [9.17, 15) is 22.4 Å². The van der Waals surface area contributed by atoms with E-state index in [1.807, 2.05) is 44.2 Å². The Labute approximate surface area is 280 Å². The van der Waals surface area contributed by atoms with Crippen LogP contribution < -0.4 is 9.62 Å². The zero-order valence-corrected chi connectivity index (χ0v) is 28.0. The van der Waals surface area contributed by atoms with Gasteiger partial charge in [0.15, 0.2) is 0 Å². The highest BCUT2D eigenvalue weighted by Gasteiger charge is 2.35. The molecule has 1 atom stereocenters. The molecule has 4 aromatic carbocycles. The molecule has 0 aromatic heterocycles. The first kappa shape index (κ1) is 34.9. The first-order valence-corrected chi connectivity index (χ1v) is 17.1. The molecule has 7 nitrogen and oxygen atoms in total. The van der Waals surface area contributed by atoms with Crippen LogP contribution in [0.4, 0.5) is 10.1 Å². The number of hydrogen-bond donors (Lipinski definition) is 1. The summed E-state index contributed by atoms with van der Waals surface area (Å²) in [6.07, 6.45) is 1.76. The maximum absolute atomic E-state index is 14.5. The second kappa shape index (κ2) is 16.1. The minimum absolute atomic E-state index is 0.0411. The fourth-order valence-electron chi connectivity index (χ4n) is 4.87. The number of anilines is 1. The van der Waals surface area contributed by atoms with Gasteiger partial charge in [0.05, 0.1) is 10.6 Å². The van der Waals surface area contributed by atoms with Crippen molar-refractivity contribution in [1.29, 1.82) is 0 Å². The lowest BCUT2D eigenvalue weighted by atomic mass is 10.0. The first-order chi connectivity index (χ1) is 22.0. The van der Waals surface area contributed by atoms with Crippen LogP contribution in [-0.4, -0.2) is 44.3 Å². The van der Waals surface area contributed by atoms with Gasteiger partial charge >= 0.3 is 0 Å². The highest BCUT2D eigenvalue weighted by atomic mass is 35.5. The molecule has 1 unspecified atom stereocenters. The molecule has 0 aliphatic carbocycles. The van der Waals surface area contributed by atoms with Crippen molar-refractivity contribution in [3.63, 3.8) is 0 Å². The van der Waals surface area contributed by atoms with Crippen molar-refractivity contribution in [1.82, 2.24) is 10.2 Å². The number of sulfonamides is 1. The van der Waals surface area contributed by atoms with Crippen molar-refractivity contribution < 1.29 is 22.4 Å². The molecule has 0 spiro atoms. The molecular weight excluding hydrogens is 648 g/mol. The van der Waals surface area contributed by atoms with Gasteiger partial charge in [-0.1, -0.05) is 90.6 Å². The number of halogens is 3. The summed E-state index contributed by atoms with van der Waals surface area (Å²) >= 11 is 12.7. The summed E-state index contributed by atoms with van der Waals surface area (Å²) in [6.45, 7) is 3.48. The zero-order chi connectivity index (χ0) is 33.3. The van der Waals surface area contributed by atoms with E-state index in [2.05, 4.69) is 5.32 Å². The topological polar surface area (TPSA) is 86.8 Å². The predicted octanol–water partition coefficient (Wildman–Crippen LogP) is 7.19. The third-order valence-corrected chi connectivity index (χ3v) is 9.83. The Morgan fingerprint density at radius 2 is 1.59 bits per heavy atom. The van der Waals surface area contributed by atoms with Crippen molar-refractivity contribution in [3.05, 3.63) is 130 Å². The number of benzene rings is 4. The minimum atomic E-state index is -4.30. The average Bonchev–Trinajstić information content (AvgIpc) is 3.03. The van der Waals surface area contributed by atoms with Crippen LogP contribution in [-0.2, 0) is 32.6 Å². The quantitative estimate of drug-likeness (QED) is 0.143. The van der Waals surface area contributed by atoms with E-state index in [-0.39, 0.29) is 34.5 Å². The smallest absolute Gasteiger partial charge is 0.264 e. The number of aryl methyl sites for hydroxylation is 1. The summed E-state index contributed by atoms with van der Waals surface area (Å²) in [5, 5.41) is 3.63. The van der Waals surface area contributed by atoms with Crippen LogP contribution in [0.1, 0.15) is 36.5 Å². The van der Waals surface area contributed by atoms with Crippen molar-refractivity contribution in [2.24, 2.45) is 0 Å². The summed E-state index contributed by atoms with van der Waals surface area (Å²) < 4.78 is 43.0. The second-order valence-corrected chi connectivity index (χ2v) is 13.6. The van der Waals surface area contributed by atoms with E-state index in [1.165, 1.54) is 29.2 Å². The van der Waals surface area contributed by atoms with Gasteiger partial charge in [0.2, 0.25) is 11.8 Å². The van der Waals surface area contributed by atoms with Gasteiger partial charge in [-0.3, -0.25) is 13.9 Å². The molecular formula is C35H36Cl2FN3O4S. The molecule has 0 fully saturated rings. The van der Waals surface area contributed by atoms with Gasteiger partial charge in [0.1, 0.15) is 18.4 Å². The molecule has 0 aliphatic rings. The van der Waals surface area contributed by atoms with Gasteiger partial charge in [0, 0.05) is 29.6 Å².